The first-order valence-electron chi connectivity index (χ1n) is 11.9. The molecule has 8 nitrogen and oxygen atoms in total. The predicted molar refractivity (Wildman–Crippen MR) is 145 cm³/mol. The Bertz CT molecular complexity index is 1240. The van der Waals surface area contributed by atoms with Crippen molar-refractivity contribution in [1.82, 2.24) is 14.9 Å². The highest BCUT2D eigenvalue weighted by Crippen LogP contribution is 2.43. The molecule has 9 heteroatoms. The first kappa shape index (κ1) is 25.8. The van der Waals surface area contributed by atoms with E-state index in [0.29, 0.717) is 11.7 Å². The van der Waals surface area contributed by atoms with Crippen LogP contribution in [0.4, 0.5) is 11.4 Å². The lowest BCUT2D eigenvalue weighted by Crippen LogP contribution is -2.29. The molecule has 0 radical (unpaired) electrons. The average molecular weight is 508 g/mol. The number of anilines is 2. The molecule has 0 saturated carbocycles. The molecular weight excluding hydrogens is 474 g/mol. The second-order valence-corrected chi connectivity index (χ2v) is 9.33. The summed E-state index contributed by atoms with van der Waals surface area (Å²) in [4.78, 5) is 18.9. The maximum Gasteiger partial charge on any atom is 0.250 e. The number of aromatic nitrogens is 2. The molecule has 190 valence electrons. The van der Waals surface area contributed by atoms with Crippen LogP contribution in [-0.4, -0.2) is 48.0 Å². The number of aryl methyl sites for hydroxylation is 2. The number of nitrogens with zero attached hydrogens (tertiary/aromatic N) is 3. The molecule has 2 atom stereocenters. The van der Waals surface area contributed by atoms with Crippen molar-refractivity contribution in [3.63, 3.8) is 0 Å². The zero-order chi connectivity index (χ0) is 25.8. The van der Waals surface area contributed by atoms with E-state index < -0.39 is 0 Å². The van der Waals surface area contributed by atoms with E-state index in [-0.39, 0.29) is 24.6 Å². The lowest BCUT2D eigenvalue weighted by Gasteiger charge is -2.29. The predicted octanol–water partition coefficient (Wildman–Crippen LogP) is 4.22. The molecule has 2 unspecified atom stereocenters. The number of thiocarbonyl (C=S) groups is 1. The number of benzene rings is 1. The molecule has 2 N–H and O–H groups in total. The summed E-state index contributed by atoms with van der Waals surface area (Å²) in [6.45, 7) is 7.66. The van der Waals surface area contributed by atoms with Crippen LogP contribution < -0.4 is 15.5 Å². The van der Waals surface area contributed by atoms with E-state index in [1.54, 1.807) is 7.11 Å². The molecule has 3 aromatic rings. The number of amides is 1. The van der Waals surface area contributed by atoms with E-state index in [9.17, 15) is 4.79 Å². The smallest absolute Gasteiger partial charge is 0.250 e. The van der Waals surface area contributed by atoms with Gasteiger partial charge in [-0.3, -0.25) is 9.78 Å². The molecule has 1 aliphatic rings. The minimum atomic E-state index is -0.191. The van der Waals surface area contributed by atoms with Crippen molar-refractivity contribution in [1.29, 1.82) is 0 Å². The monoisotopic (exact) mass is 507 g/mol. The van der Waals surface area contributed by atoms with Crippen LogP contribution in [0.2, 0.25) is 0 Å². The topological polar surface area (TPSA) is 80.7 Å². The maximum atomic E-state index is 12.0. The quantitative estimate of drug-likeness (QED) is 0.420. The van der Waals surface area contributed by atoms with E-state index in [2.05, 4.69) is 45.0 Å². The molecule has 0 bridgehead atoms. The summed E-state index contributed by atoms with van der Waals surface area (Å²) in [6, 6.07) is 13.9. The first-order valence-corrected chi connectivity index (χ1v) is 12.3. The van der Waals surface area contributed by atoms with Crippen LogP contribution in [0.25, 0.3) is 0 Å². The van der Waals surface area contributed by atoms with E-state index >= 15 is 0 Å². The third-order valence-electron chi connectivity index (χ3n) is 6.59. The van der Waals surface area contributed by atoms with Crippen LogP contribution in [0.1, 0.15) is 40.3 Å². The minimum Gasteiger partial charge on any atom is -0.383 e. The summed E-state index contributed by atoms with van der Waals surface area (Å²) in [5.41, 5.74) is 7.08. The molecule has 1 amide bonds. The normalized spacial score (nSPS) is 17.4. The minimum absolute atomic E-state index is 0.00778. The number of hydrogen-bond donors (Lipinski definition) is 2. The van der Waals surface area contributed by atoms with Crippen LogP contribution in [-0.2, 0) is 20.8 Å². The van der Waals surface area contributed by atoms with Gasteiger partial charge in [0.2, 0.25) is 5.91 Å². The van der Waals surface area contributed by atoms with Crippen molar-refractivity contribution >= 4 is 34.6 Å². The van der Waals surface area contributed by atoms with E-state index in [1.165, 1.54) is 24.1 Å². The highest BCUT2D eigenvalue weighted by Gasteiger charge is 2.42. The summed E-state index contributed by atoms with van der Waals surface area (Å²) in [7, 11) is 3.22. The van der Waals surface area contributed by atoms with Crippen LogP contribution in [0.15, 0.2) is 48.7 Å². The van der Waals surface area contributed by atoms with Gasteiger partial charge in [-0.05, 0) is 80.5 Å². The van der Waals surface area contributed by atoms with Crippen molar-refractivity contribution in [3.8, 4) is 0 Å². The largest absolute Gasteiger partial charge is 0.383 e. The Morgan fingerprint density at radius 2 is 1.94 bits per heavy atom. The Morgan fingerprint density at radius 1 is 1.14 bits per heavy atom. The molecule has 0 aliphatic carbocycles. The van der Waals surface area contributed by atoms with Gasteiger partial charge in [-0.15, -0.1) is 0 Å². The Morgan fingerprint density at radius 3 is 2.61 bits per heavy atom. The van der Waals surface area contributed by atoms with E-state index in [4.69, 9.17) is 21.7 Å². The van der Waals surface area contributed by atoms with E-state index in [0.717, 1.165) is 29.2 Å². The highest BCUT2D eigenvalue weighted by molar-refractivity contribution is 7.80. The summed E-state index contributed by atoms with van der Waals surface area (Å²) < 4.78 is 12.6. The van der Waals surface area contributed by atoms with Crippen molar-refractivity contribution in [2.45, 2.75) is 39.4 Å². The van der Waals surface area contributed by atoms with Crippen LogP contribution >= 0.6 is 12.2 Å². The van der Waals surface area contributed by atoms with Crippen LogP contribution in [0, 0.1) is 20.8 Å². The van der Waals surface area contributed by atoms with Crippen molar-refractivity contribution in [2.24, 2.45) is 0 Å². The van der Waals surface area contributed by atoms with Gasteiger partial charge in [0.1, 0.15) is 6.61 Å². The lowest BCUT2D eigenvalue weighted by molar-refractivity contribution is -0.119. The number of methoxy groups -OCH3 is 2. The number of hydrogen-bond acceptors (Lipinski definition) is 5. The fourth-order valence-corrected chi connectivity index (χ4v) is 5.20. The van der Waals surface area contributed by atoms with Gasteiger partial charge in [-0.25, -0.2) is 0 Å². The molecule has 2 aromatic heterocycles. The fourth-order valence-electron chi connectivity index (χ4n) is 4.86. The molecule has 1 saturated heterocycles. The van der Waals surface area contributed by atoms with Crippen molar-refractivity contribution in [3.05, 3.63) is 76.9 Å². The summed E-state index contributed by atoms with van der Waals surface area (Å²) >= 11 is 5.88. The summed E-state index contributed by atoms with van der Waals surface area (Å²) in [5, 5.41) is 7.06. The maximum absolute atomic E-state index is 12.0. The molecule has 1 fully saturated rings. The number of ether oxygens (including phenoxy) is 2. The fraction of sp³-hybridized carbons (Fsp3) is 0.370. The first-order chi connectivity index (χ1) is 17.3. The van der Waals surface area contributed by atoms with Gasteiger partial charge >= 0.3 is 0 Å². The SMILES string of the molecule is COCCn1c(C)cc(C2C(c3ccccn3)NC(=S)N2c2ccc(NC(=O)COC)c(C)c2)c1C. The molecule has 0 spiro atoms. The van der Waals surface area contributed by atoms with Gasteiger partial charge < -0.3 is 29.6 Å². The summed E-state index contributed by atoms with van der Waals surface area (Å²) in [5.74, 6) is -0.191. The second kappa shape index (κ2) is 11.2. The number of carbonyl (C=O) groups excluding carboxylic acids is 1. The third-order valence-corrected chi connectivity index (χ3v) is 6.90. The Hall–Kier alpha value is -3.27. The Kier molecular flexibility index (Phi) is 8.03. The standard InChI is InChI=1S/C27H33N5O3S/c1-17-14-20(9-10-22(17)29-24(33)16-35-5)32-26(21-15-18(2)31(19(21)3)12-13-34-4)25(30-27(32)36)23-8-6-7-11-28-23/h6-11,14-15,25-26H,12-13,16H2,1-5H3,(H,29,33)(H,30,36). The van der Waals surface area contributed by atoms with Gasteiger partial charge in [-0.1, -0.05) is 6.07 Å². The summed E-state index contributed by atoms with van der Waals surface area (Å²) in [6.07, 6.45) is 1.81. The molecule has 4 rings (SSSR count). The van der Waals surface area contributed by atoms with Crippen molar-refractivity contribution in [2.75, 3.05) is 37.7 Å². The number of nitrogens with one attached hydrogen (secondary N) is 2. The molecule has 1 aromatic carbocycles. The van der Waals surface area contributed by atoms with Gasteiger partial charge in [0, 0.05) is 49.7 Å². The highest BCUT2D eigenvalue weighted by atomic mass is 32.1. The number of pyridine rings is 1. The zero-order valence-corrected chi connectivity index (χ0v) is 22.2. The molecule has 1 aliphatic heterocycles. The number of rotatable bonds is 9. The van der Waals surface area contributed by atoms with Gasteiger partial charge in [0.25, 0.3) is 0 Å². The number of carbonyl (C=O) groups is 1. The van der Waals surface area contributed by atoms with Crippen molar-refractivity contribution < 1.29 is 14.3 Å². The second-order valence-electron chi connectivity index (χ2n) is 8.95. The lowest BCUT2D eigenvalue weighted by atomic mass is 9.96. The molecule has 3 heterocycles. The van der Waals surface area contributed by atoms with Gasteiger partial charge in [0.15, 0.2) is 5.11 Å². The van der Waals surface area contributed by atoms with Gasteiger partial charge in [0.05, 0.1) is 24.4 Å². The van der Waals surface area contributed by atoms with E-state index in [1.807, 2.05) is 49.5 Å². The third kappa shape index (κ3) is 5.13. The van der Waals surface area contributed by atoms with Crippen LogP contribution in [0.3, 0.4) is 0 Å². The van der Waals surface area contributed by atoms with Crippen LogP contribution in [0.5, 0.6) is 0 Å². The average Bonchev–Trinajstić information content (AvgIpc) is 3.35. The Balaban J connectivity index is 1.77. The zero-order valence-electron chi connectivity index (χ0n) is 21.4. The Labute approximate surface area is 217 Å². The molecular formula is C27H33N5O3S. The molecule has 36 heavy (non-hydrogen) atoms. The van der Waals surface area contributed by atoms with Gasteiger partial charge in [-0.2, -0.15) is 0 Å².